The minimum Gasteiger partial charge on any atom is -0.389 e. The molecule has 2 nitrogen and oxygen atoms in total. The Kier molecular flexibility index (Phi) is 3.81. The zero-order valence-corrected chi connectivity index (χ0v) is 11.6. The van der Waals surface area contributed by atoms with E-state index in [1.807, 2.05) is 32.0 Å². The predicted molar refractivity (Wildman–Crippen MR) is 81.5 cm³/mol. The fourth-order valence-electron chi connectivity index (χ4n) is 1.74. The Morgan fingerprint density at radius 3 is 2.42 bits per heavy atom. The Labute approximate surface area is 117 Å². The molecule has 0 fully saturated rings. The maximum Gasteiger partial charge on any atom is 0.147 e. The molecule has 0 saturated heterocycles. The normalized spacial score (nSPS) is 10.3. The largest absolute Gasteiger partial charge is 0.389 e. The van der Waals surface area contributed by atoms with Crippen molar-refractivity contribution in [3.63, 3.8) is 0 Å². The monoisotopic (exact) mass is 274 g/mol. The van der Waals surface area contributed by atoms with E-state index >= 15 is 0 Å². The summed E-state index contributed by atoms with van der Waals surface area (Å²) >= 11 is 4.82. The fraction of sp³-hybridized carbons (Fsp3) is 0.133. The summed E-state index contributed by atoms with van der Waals surface area (Å²) in [5.41, 5.74) is 9.61. The highest BCUT2D eigenvalue weighted by atomic mass is 32.1. The summed E-state index contributed by atoms with van der Waals surface area (Å²) in [6.45, 7) is 4.06. The van der Waals surface area contributed by atoms with Gasteiger partial charge in [0.25, 0.3) is 0 Å². The molecule has 19 heavy (non-hydrogen) atoms. The third kappa shape index (κ3) is 3.09. The third-order valence-corrected chi connectivity index (χ3v) is 3.28. The first-order chi connectivity index (χ1) is 8.97. The van der Waals surface area contributed by atoms with Crippen LogP contribution in [0.3, 0.4) is 0 Å². The van der Waals surface area contributed by atoms with E-state index in [1.54, 1.807) is 12.1 Å². The van der Waals surface area contributed by atoms with Crippen molar-refractivity contribution in [1.29, 1.82) is 0 Å². The summed E-state index contributed by atoms with van der Waals surface area (Å²) in [5, 5.41) is 3.05. The fourth-order valence-corrected chi connectivity index (χ4v) is 1.87. The first-order valence-electron chi connectivity index (χ1n) is 5.91. The van der Waals surface area contributed by atoms with Gasteiger partial charge in [0.15, 0.2) is 0 Å². The van der Waals surface area contributed by atoms with Crippen LogP contribution in [0.15, 0.2) is 36.4 Å². The zero-order valence-electron chi connectivity index (χ0n) is 10.8. The van der Waals surface area contributed by atoms with Crippen LogP contribution in [0.1, 0.15) is 16.7 Å². The Morgan fingerprint density at radius 2 is 1.84 bits per heavy atom. The van der Waals surface area contributed by atoms with Crippen LogP contribution in [0.2, 0.25) is 0 Å². The Hall–Kier alpha value is -1.94. The number of thiocarbonyl (C=S) groups is 1. The second-order valence-corrected chi connectivity index (χ2v) is 4.92. The number of nitrogens with two attached hydrogens (primary N) is 1. The van der Waals surface area contributed by atoms with Crippen molar-refractivity contribution in [2.24, 2.45) is 5.73 Å². The van der Waals surface area contributed by atoms with Crippen molar-refractivity contribution in [2.75, 3.05) is 5.32 Å². The van der Waals surface area contributed by atoms with Gasteiger partial charge in [0, 0.05) is 11.3 Å². The maximum atomic E-state index is 13.9. The van der Waals surface area contributed by atoms with Gasteiger partial charge in [-0.25, -0.2) is 4.39 Å². The average molecular weight is 274 g/mol. The number of rotatable bonds is 3. The molecule has 4 heteroatoms. The van der Waals surface area contributed by atoms with Crippen LogP contribution >= 0.6 is 12.2 Å². The summed E-state index contributed by atoms with van der Waals surface area (Å²) in [6.07, 6.45) is 0. The first-order valence-corrected chi connectivity index (χ1v) is 6.32. The molecule has 0 aliphatic heterocycles. The molecule has 0 atom stereocenters. The molecule has 0 saturated carbocycles. The number of halogens is 1. The number of aryl methyl sites for hydroxylation is 2. The van der Waals surface area contributed by atoms with Crippen LogP contribution in [0.5, 0.6) is 0 Å². The van der Waals surface area contributed by atoms with E-state index in [0.717, 1.165) is 11.3 Å². The smallest absolute Gasteiger partial charge is 0.147 e. The van der Waals surface area contributed by atoms with Gasteiger partial charge in [-0.2, -0.15) is 0 Å². The zero-order chi connectivity index (χ0) is 14.0. The third-order valence-electron chi connectivity index (χ3n) is 3.04. The van der Waals surface area contributed by atoms with Gasteiger partial charge in [0.2, 0.25) is 0 Å². The highest BCUT2D eigenvalue weighted by Crippen LogP contribution is 2.22. The van der Waals surface area contributed by atoms with Crippen LogP contribution in [0.25, 0.3) is 0 Å². The van der Waals surface area contributed by atoms with E-state index in [0.29, 0.717) is 11.3 Å². The average Bonchev–Trinajstić information content (AvgIpc) is 2.36. The summed E-state index contributed by atoms with van der Waals surface area (Å²) in [7, 11) is 0. The van der Waals surface area contributed by atoms with Crippen LogP contribution < -0.4 is 11.1 Å². The summed E-state index contributed by atoms with van der Waals surface area (Å²) < 4.78 is 13.9. The van der Waals surface area contributed by atoms with Crippen LogP contribution in [-0.2, 0) is 0 Å². The van der Waals surface area contributed by atoms with Gasteiger partial charge >= 0.3 is 0 Å². The number of benzene rings is 2. The lowest BCUT2D eigenvalue weighted by molar-refractivity contribution is 0.631. The highest BCUT2D eigenvalue weighted by Gasteiger charge is 2.06. The predicted octanol–water partition coefficient (Wildman–Crippen LogP) is 3.82. The number of hydrogen-bond donors (Lipinski definition) is 2. The van der Waals surface area contributed by atoms with Gasteiger partial charge < -0.3 is 11.1 Å². The van der Waals surface area contributed by atoms with Crippen molar-refractivity contribution in [3.8, 4) is 0 Å². The van der Waals surface area contributed by atoms with E-state index in [4.69, 9.17) is 18.0 Å². The SMILES string of the molecule is Cc1ccc(Nc2ccc(C(N)=S)cc2F)cc1C. The molecule has 0 spiro atoms. The molecule has 0 heterocycles. The van der Waals surface area contributed by atoms with Crippen LogP contribution in [0.4, 0.5) is 15.8 Å². The van der Waals surface area contributed by atoms with E-state index < -0.39 is 0 Å². The molecular weight excluding hydrogens is 259 g/mol. The van der Waals surface area contributed by atoms with Crippen molar-refractivity contribution in [2.45, 2.75) is 13.8 Å². The van der Waals surface area contributed by atoms with Crippen LogP contribution in [0, 0.1) is 19.7 Å². The maximum absolute atomic E-state index is 13.9. The number of nitrogens with one attached hydrogen (secondary N) is 1. The summed E-state index contributed by atoms with van der Waals surface area (Å²) in [6, 6.07) is 10.6. The van der Waals surface area contributed by atoms with Crippen molar-refractivity contribution in [1.82, 2.24) is 0 Å². The Morgan fingerprint density at radius 1 is 1.11 bits per heavy atom. The lowest BCUT2D eigenvalue weighted by atomic mass is 10.1. The molecule has 0 bridgehead atoms. The Bertz CT molecular complexity index is 638. The van der Waals surface area contributed by atoms with Gasteiger partial charge in [0.05, 0.1) is 5.69 Å². The highest BCUT2D eigenvalue weighted by molar-refractivity contribution is 7.80. The van der Waals surface area contributed by atoms with E-state index in [1.165, 1.54) is 11.6 Å². The lowest BCUT2D eigenvalue weighted by Crippen LogP contribution is -2.09. The van der Waals surface area contributed by atoms with Crippen LogP contribution in [-0.4, -0.2) is 4.99 Å². The topological polar surface area (TPSA) is 38.0 Å². The number of hydrogen-bond acceptors (Lipinski definition) is 2. The van der Waals surface area contributed by atoms with Gasteiger partial charge in [-0.15, -0.1) is 0 Å². The molecule has 2 rings (SSSR count). The van der Waals surface area contributed by atoms with Crippen molar-refractivity contribution < 1.29 is 4.39 Å². The first kappa shape index (κ1) is 13.5. The summed E-state index contributed by atoms with van der Waals surface area (Å²) in [5.74, 6) is -0.372. The summed E-state index contributed by atoms with van der Waals surface area (Å²) in [4.78, 5) is 0.191. The molecule has 0 amide bonds. The van der Waals surface area contributed by atoms with Gasteiger partial charge in [-0.1, -0.05) is 18.3 Å². The molecule has 0 unspecified atom stereocenters. The standard InChI is InChI=1S/C15H15FN2S/c1-9-3-5-12(7-10(9)2)18-14-6-4-11(15(17)19)8-13(14)16/h3-8,18H,1-2H3,(H2,17,19). The van der Waals surface area contributed by atoms with Gasteiger partial charge in [-0.3, -0.25) is 0 Å². The molecule has 2 aromatic carbocycles. The van der Waals surface area contributed by atoms with Gasteiger partial charge in [-0.05, 0) is 55.3 Å². The molecule has 2 aromatic rings. The second-order valence-electron chi connectivity index (χ2n) is 4.48. The van der Waals surface area contributed by atoms with E-state index in [9.17, 15) is 4.39 Å². The molecule has 0 aromatic heterocycles. The second kappa shape index (κ2) is 5.36. The molecule has 3 N–H and O–H groups in total. The van der Waals surface area contributed by atoms with Crippen molar-refractivity contribution >= 4 is 28.6 Å². The molecule has 0 radical (unpaired) electrons. The van der Waals surface area contributed by atoms with Crippen molar-refractivity contribution in [3.05, 3.63) is 58.9 Å². The molecular formula is C15H15FN2S. The number of anilines is 2. The Balaban J connectivity index is 2.28. The lowest BCUT2D eigenvalue weighted by Gasteiger charge is -2.10. The van der Waals surface area contributed by atoms with E-state index in [-0.39, 0.29) is 10.8 Å². The molecule has 0 aliphatic carbocycles. The molecule has 0 aliphatic rings. The minimum absolute atomic E-state index is 0.191. The quantitative estimate of drug-likeness (QED) is 0.836. The van der Waals surface area contributed by atoms with Gasteiger partial charge in [0.1, 0.15) is 10.8 Å². The van der Waals surface area contributed by atoms with E-state index in [2.05, 4.69) is 5.32 Å². The molecule has 98 valence electrons. The minimum atomic E-state index is -0.372.